The van der Waals surface area contributed by atoms with Gasteiger partial charge < -0.3 is 4.42 Å². The second kappa shape index (κ2) is 4.89. The molecule has 3 nitrogen and oxygen atoms in total. The van der Waals surface area contributed by atoms with E-state index in [0.29, 0.717) is 10.8 Å². The number of hydrogen-bond acceptors (Lipinski definition) is 3. The van der Waals surface area contributed by atoms with Gasteiger partial charge in [0, 0.05) is 5.39 Å². The molecule has 3 heteroatoms. The topological polar surface area (TPSA) is 47.3 Å². The Morgan fingerprint density at radius 1 is 0.448 bits per heavy atom. The first-order chi connectivity index (χ1) is 14.2. The summed E-state index contributed by atoms with van der Waals surface area (Å²) in [6, 6.07) is 24.2. The minimum Gasteiger partial charge on any atom is -0.386 e. The molecule has 0 aliphatic heterocycles. The van der Waals surface area contributed by atoms with Crippen LogP contribution in [0.5, 0.6) is 0 Å². The number of benzene rings is 6. The molecule has 0 aliphatic carbocycles. The summed E-state index contributed by atoms with van der Waals surface area (Å²) in [6.07, 6.45) is 0. The largest absolute Gasteiger partial charge is 0.386 e. The van der Waals surface area contributed by atoms with Crippen LogP contribution in [0.3, 0.4) is 0 Å². The van der Waals surface area contributed by atoms with Gasteiger partial charge in [-0.3, -0.25) is 0 Å². The summed E-state index contributed by atoms with van der Waals surface area (Å²) in [5, 5.41) is 11.3. The van der Waals surface area contributed by atoms with Crippen LogP contribution in [0.2, 0.25) is 0 Å². The van der Waals surface area contributed by atoms with Crippen LogP contribution in [0.15, 0.2) is 86.8 Å². The quantitative estimate of drug-likeness (QED) is 0.250. The molecule has 8 aromatic rings. The lowest BCUT2D eigenvalue weighted by Crippen LogP contribution is -2.10. The van der Waals surface area contributed by atoms with Gasteiger partial charge in [0.25, 0.3) is 0 Å². The van der Waals surface area contributed by atoms with Crippen molar-refractivity contribution in [3.8, 4) is 0 Å². The summed E-state index contributed by atoms with van der Waals surface area (Å²) in [5.74, 6) is 0. The summed E-state index contributed by atoms with van der Waals surface area (Å²) in [5.41, 5.74) is -1.18. The molecule has 0 amide bonds. The normalized spacial score (nSPS) is 12.4. The average molecular weight is 372 g/mol. The van der Waals surface area contributed by atoms with Gasteiger partial charge in [-0.1, -0.05) is 54.6 Å². The second-order valence-corrected chi connectivity index (χ2v) is 7.62. The van der Waals surface area contributed by atoms with Gasteiger partial charge in [-0.2, -0.15) is 0 Å². The Morgan fingerprint density at radius 2 is 1.03 bits per heavy atom. The van der Waals surface area contributed by atoms with Gasteiger partial charge in [-0.15, -0.1) is 0 Å². The van der Waals surface area contributed by atoms with E-state index in [2.05, 4.69) is 36.4 Å². The third kappa shape index (κ3) is 1.69. The second-order valence-electron chi connectivity index (χ2n) is 7.62. The number of rotatable bonds is 0. The molecule has 6 aromatic carbocycles. The van der Waals surface area contributed by atoms with E-state index in [9.17, 15) is 9.59 Å². The van der Waals surface area contributed by atoms with Crippen LogP contribution in [0, 0.1) is 0 Å². The molecule has 0 unspecified atom stereocenters. The maximum absolute atomic E-state index is 12.9. The van der Waals surface area contributed by atoms with Crippen molar-refractivity contribution in [2.75, 3.05) is 0 Å². The minimum absolute atomic E-state index is 0.431. The SMILES string of the molecule is O=c1oc(=O)c2ccc3c1ccc1c4cccc5cc6ccccc6c(c54)c2c31. The Morgan fingerprint density at radius 3 is 1.93 bits per heavy atom. The van der Waals surface area contributed by atoms with E-state index < -0.39 is 11.3 Å². The zero-order chi connectivity index (χ0) is 19.3. The molecule has 0 radical (unpaired) electrons. The Balaban J connectivity index is 2.06. The van der Waals surface area contributed by atoms with Crippen LogP contribution in [-0.4, -0.2) is 0 Å². The van der Waals surface area contributed by atoms with Crippen molar-refractivity contribution in [2.45, 2.75) is 0 Å². The highest BCUT2D eigenvalue weighted by atomic mass is 16.4. The minimum atomic E-state index is -0.592. The van der Waals surface area contributed by atoms with Crippen LogP contribution in [-0.2, 0) is 0 Å². The lowest BCUT2D eigenvalue weighted by molar-refractivity contribution is 0.490. The van der Waals surface area contributed by atoms with Gasteiger partial charge in [0.2, 0.25) is 0 Å². The van der Waals surface area contributed by atoms with Gasteiger partial charge in [0.05, 0.1) is 10.8 Å². The van der Waals surface area contributed by atoms with Gasteiger partial charge in [-0.25, -0.2) is 9.59 Å². The molecule has 0 atom stereocenters. The van der Waals surface area contributed by atoms with E-state index in [1.54, 1.807) is 12.1 Å². The first-order valence-corrected chi connectivity index (χ1v) is 9.54. The third-order valence-electron chi connectivity index (χ3n) is 6.23. The van der Waals surface area contributed by atoms with Crippen LogP contribution in [0.4, 0.5) is 0 Å². The van der Waals surface area contributed by atoms with Crippen molar-refractivity contribution in [3.63, 3.8) is 0 Å². The maximum Gasteiger partial charge on any atom is 0.346 e. The van der Waals surface area contributed by atoms with E-state index in [0.717, 1.165) is 53.9 Å². The van der Waals surface area contributed by atoms with E-state index in [-0.39, 0.29) is 0 Å². The van der Waals surface area contributed by atoms with Gasteiger partial charge in [0.1, 0.15) is 0 Å². The average Bonchev–Trinajstić information content (AvgIpc) is 2.74. The summed E-state index contributed by atoms with van der Waals surface area (Å²) in [6.45, 7) is 0. The fraction of sp³-hybridized carbons (Fsp3) is 0. The molecule has 0 fully saturated rings. The molecule has 8 rings (SSSR count). The van der Waals surface area contributed by atoms with Crippen LogP contribution in [0.25, 0.3) is 64.6 Å². The van der Waals surface area contributed by atoms with Crippen LogP contribution >= 0.6 is 0 Å². The summed E-state index contributed by atoms with van der Waals surface area (Å²) < 4.78 is 5.18. The molecule has 0 N–H and O–H groups in total. The first kappa shape index (κ1) is 15.0. The monoisotopic (exact) mass is 372 g/mol. The van der Waals surface area contributed by atoms with Crippen molar-refractivity contribution in [1.82, 2.24) is 0 Å². The molecule has 0 spiro atoms. The molecular formula is C26H12O3. The molecule has 0 saturated heterocycles. The molecule has 4 bridgehead atoms. The molecule has 2 aromatic heterocycles. The first-order valence-electron chi connectivity index (χ1n) is 9.54. The molecule has 0 aliphatic rings. The molecular weight excluding hydrogens is 360 g/mol. The molecule has 0 saturated carbocycles. The maximum atomic E-state index is 12.9. The van der Waals surface area contributed by atoms with E-state index in [4.69, 9.17) is 4.42 Å². The van der Waals surface area contributed by atoms with Crippen molar-refractivity contribution in [2.24, 2.45) is 0 Å². The van der Waals surface area contributed by atoms with Crippen molar-refractivity contribution in [3.05, 3.63) is 93.6 Å². The van der Waals surface area contributed by atoms with E-state index >= 15 is 0 Å². The fourth-order valence-corrected chi connectivity index (χ4v) is 5.08. The number of hydrogen-bond donors (Lipinski definition) is 0. The van der Waals surface area contributed by atoms with Gasteiger partial charge >= 0.3 is 11.3 Å². The van der Waals surface area contributed by atoms with E-state index in [1.165, 1.54) is 0 Å². The van der Waals surface area contributed by atoms with Gasteiger partial charge in [0.15, 0.2) is 0 Å². The lowest BCUT2D eigenvalue weighted by Gasteiger charge is -2.17. The van der Waals surface area contributed by atoms with E-state index in [1.807, 2.05) is 24.3 Å². The molecule has 134 valence electrons. The van der Waals surface area contributed by atoms with Gasteiger partial charge in [-0.05, 0) is 66.7 Å². The predicted molar refractivity (Wildman–Crippen MR) is 119 cm³/mol. The fourth-order valence-electron chi connectivity index (χ4n) is 5.08. The van der Waals surface area contributed by atoms with Crippen molar-refractivity contribution in [1.29, 1.82) is 0 Å². The Kier molecular flexibility index (Phi) is 2.53. The third-order valence-corrected chi connectivity index (χ3v) is 6.23. The molecule has 29 heavy (non-hydrogen) atoms. The summed E-state index contributed by atoms with van der Waals surface area (Å²) in [4.78, 5) is 25.4. The Hall–Kier alpha value is -3.98. The molecule has 2 heterocycles. The standard InChI is InChI=1S/C26H12O3/c27-25-19-10-8-17-16-7-3-5-14-12-13-4-1-2-6-15(13)23(21(14)16)24-20(26(28)29-25)11-9-18(19)22(17)24/h1-12H. The highest BCUT2D eigenvalue weighted by Gasteiger charge is 2.20. The zero-order valence-corrected chi connectivity index (χ0v) is 15.2. The highest BCUT2D eigenvalue weighted by molar-refractivity contribution is 6.41. The van der Waals surface area contributed by atoms with Crippen LogP contribution in [0.1, 0.15) is 0 Å². The Labute approximate surface area is 163 Å². The number of fused-ring (bicyclic) bond motifs is 6. The summed E-state index contributed by atoms with van der Waals surface area (Å²) in [7, 11) is 0. The highest BCUT2D eigenvalue weighted by Crippen LogP contribution is 2.45. The zero-order valence-electron chi connectivity index (χ0n) is 15.2. The van der Waals surface area contributed by atoms with Crippen molar-refractivity contribution < 1.29 is 4.42 Å². The van der Waals surface area contributed by atoms with Crippen molar-refractivity contribution >= 4 is 64.6 Å². The van der Waals surface area contributed by atoms with Crippen LogP contribution < -0.4 is 11.3 Å². The smallest absolute Gasteiger partial charge is 0.346 e. The summed E-state index contributed by atoms with van der Waals surface area (Å²) >= 11 is 0. The Bertz CT molecular complexity index is 1890. The predicted octanol–water partition coefficient (Wildman–Crippen LogP) is 5.79. The lowest BCUT2D eigenvalue weighted by atomic mass is 9.85.